The van der Waals surface area contributed by atoms with E-state index in [9.17, 15) is 4.79 Å². The molecule has 30 heavy (non-hydrogen) atoms. The zero-order valence-corrected chi connectivity index (χ0v) is 20.9. The van der Waals surface area contributed by atoms with Crippen molar-refractivity contribution in [3.05, 3.63) is 35.4 Å². The van der Waals surface area contributed by atoms with E-state index in [4.69, 9.17) is 9.73 Å². The molecule has 0 radical (unpaired) electrons. The second kappa shape index (κ2) is 12.5. The number of carbonyl (C=O) groups is 1. The van der Waals surface area contributed by atoms with Crippen molar-refractivity contribution in [3.8, 4) is 0 Å². The van der Waals surface area contributed by atoms with Crippen LogP contribution < -0.4 is 5.32 Å². The van der Waals surface area contributed by atoms with Gasteiger partial charge in [-0.05, 0) is 43.7 Å². The molecule has 1 amide bonds. The van der Waals surface area contributed by atoms with E-state index in [1.54, 1.807) is 0 Å². The highest BCUT2D eigenvalue weighted by Gasteiger charge is 2.25. The lowest BCUT2D eigenvalue weighted by Gasteiger charge is -2.36. The summed E-state index contributed by atoms with van der Waals surface area (Å²) in [6.07, 6.45) is 2.87. The monoisotopic (exact) mass is 528 g/mol. The van der Waals surface area contributed by atoms with E-state index in [0.717, 1.165) is 45.1 Å². The molecule has 0 spiro atoms. The number of hydrogen-bond donors (Lipinski definition) is 1. The first kappa shape index (κ1) is 24.9. The lowest BCUT2D eigenvalue weighted by molar-refractivity contribution is -0.132. The molecule has 168 valence electrons. The van der Waals surface area contributed by atoms with Gasteiger partial charge in [0.1, 0.15) is 6.10 Å². The summed E-state index contributed by atoms with van der Waals surface area (Å²) in [5, 5.41) is 3.39. The van der Waals surface area contributed by atoms with Gasteiger partial charge < -0.3 is 19.9 Å². The number of nitrogens with zero attached hydrogens (tertiary/aromatic N) is 3. The Morgan fingerprint density at radius 1 is 1.23 bits per heavy atom. The Morgan fingerprint density at radius 2 is 2.03 bits per heavy atom. The van der Waals surface area contributed by atoms with Crippen LogP contribution >= 0.6 is 24.0 Å². The van der Waals surface area contributed by atoms with Gasteiger partial charge in [-0.3, -0.25) is 9.79 Å². The first-order valence-corrected chi connectivity index (χ1v) is 11.1. The number of piperidine rings is 1. The van der Waals surface area contributed by atoms with Crippen LogP contribution in [0.15, 0.2) is 29.3 Å². The third-order valence-electron chi connectivity index (χ3n) is 5.83. The summed E-state index contributed by atoms with van der Waals surface area (Å²) in [6, 6.07) is 8.40. The van der Waals surface area contributed by atoms with E-state index in [1.807, 2.05) is 4.90 Å². The average Bonchev–Trinajstić information content (AvgIpc) is 2.73. The molecule has 1 aromatic rings. The second-order valence-electron chi connectivity index (χ2n) is 8.23. The summed E-state index contributed by atoms with van der Waals surface area (Å²) in [5.74, 6) is 1.73. The zero-order valence-electron chi connectivity index (χ0n) is 18.6. The molecule has 2 unspecified atom stereocenters. The Bertz CT molecular complexity index is 712. The van der Waals surface area contributed by atoms with Crippen molar-refractivity contribution in [1.82, 2.24) is 15.1 Å². The minimum Gasteiger partial charge on any atom is -0.370 e. The Balaban J connectivity index is 0.00000320. The fraction of sp³-hybridized carbons (Fsp3) is 0.652. The molecule has 2 aliphatic heterocycles. The fourth-order valence-corrected chi connectivity index (χ4v) is 4.24. The maximum absolute atomic E-state index is 12.5. The summed E-state index contributed by atoms with van der Waals surface area (Å²) in [4.78, 5) is 21.6. The Kier molecular flexibility index (Phi) is 10.4. The lowest BCUT2D eigenvalue weighted by atomic mass is 10.00. The van der Waals surface area contributed by atoms with Crippen LogP contribution in [0, 0.1) is 12.8 Å². The van der Waals surface area contributed by atoms with Gasteiger partial charge in [0.15, 0.2) is 5.96 Å². The Hall–Kier alpha value is -1.35. The third-order valence-corrected chi connectivity index (χ3v) is 5.83. The van der Waals surface area contributed by atoms with Crippen molar-refractivity contribution in [2.45, 2.75) is 46.1 Å². The predicted molar refractivity (Wildman–Crippen MR) is 132 cm³/mol. The molecule has 7 heteroatoms. The number of morpholine rings is 1. The van der Waals surface area contributed by atoms with Gasteiger partial charge in [-0.15, -0.1) is 24.0 Å². The number of halogens is 1. The van der Waals surface area contributed by atoms with Crippen LogP contribution in [-0.4, -0.2) is 67.5 Å². The van der Waals surface area contributed by atoms with Crippen LogP contribution in [0.25, 0.3) is 0 Å². The highest BCUT2D eigenvalue weighted by atomic mass is 127. The number of aliphatic imine (C=N–C) groups is 1. The maximum Gasteiger partial charge on any atom is 0.224 e. The van der Waals surface area contributed by atoms with Gasteiger partial charge in [0.2, 0.25) is 5.91 Å². The van der Waals surface area contributed by atoms with Crippen LogP contribution in [0.5, 0.6) is 0 Å². The molecule has 1 N–H and O–H groups in total. The van der Waals surface area contributed by atoms with Crippen molar-refractivity contribution in [2.75, 3.05) is 45.9 Å². The highest BCUT2D eigenvalue weighted by Crippen LogP contribution is 2.25. The van der Waals surface area contributed by atoms with Gasteiger partial charge in [0.05, 0.1) is 19.7 Å². The maximum atomic E-state index is 12.5. The smallest absolute Gasteiger partial charge is 0.224 e. The van der Waals surface area contributed by atoms with E-state index in [1.165, 1.54) is 17.5 Å². The number of carbonyl (C=O) groups excluding carboxylic acids is 1. The molecule has 0 bridgehead atoms. The van der Waals surface area contributed by atoms with Gasteiger partial charge >= 0.3 is 0 Å². The molecule has 2 aliphatic rings. The summed E-state index contributed by atoms with van der Waals surface area (Å²) in [5.41, 5.74) is 2.49. The number of ether oxygens (including phenoxy) is 1. The van der Waals surface area contributed by atoms with Crippen molar-refractivity contribution >= 4 is 35.8 Å². The van der Waals surface area contributed by atoms with Crippen LogP contribution in [0.2, 0.25) is 0 Å². The summed E-state index contributed by atoms with van der Waals surface area (Å²) >= 11 is 0. The van der Waals surface area contributed by atoms with Crippen LogP contribution in [0.1, 0.15) is 50.3 Å². The number of nitrogens with one attached hydrogen (secondary N) is 1. The average molecular weight is 528 g/mol. The van der Waals surface area contributed by atoms with Crippen LogP contribution in [0.4, 0.5) is 0 Å². The third kappa shape index (κ3) is 6.83. The fourth-order valence-electron chi connectivity index (χ4n) is 4.24. The Labute approximate surface area is 198 Å². The van der Waals surface area contributed by atoms with E-state index in [-0.39, 0.29) is 36.0 Å². The first-order valence-electron chi connectivity index (χ1n) is 11.1. The van der Waals surface area contributed by atoms with Gasteiger partial charge in [0, 0.05) is 32.6 Å². The van der Waals surface area contributed by atoms with Gasteiger partial charge in [0.25, 0.3) is 0 Å². The Morgan fingerprint density at radius 3 is 2.77 bits per heavy atom. The minimum absolute atomic E-state index is 0. The molecule has 2 saturated heterocycles. The van der Waals surface area contributed by atoms with E-state index < -0.39 is 0 Å². The van der Waals surface area contributed by atoms with Crippen molar-refractivity contribution < 1.29 is 9.53 Å². The topological polar surface area (TPSA) is 57.2 Å². The number of likely N-dealkylation sites (tertiary alicyclic amines) is 1. The number of amides is 1. The normalized spacial score (nSPS) is 22.4. The number of rotatable bonds is 5. The van der Waals surface area contributed by atoms with E-state index in [0.29, 0.717) is 25.5 Å². The first-order chi connectivity index (χ1) is 14.1. The zero-order chi connectivity index (χ0) is 20.6. The minimum atomic E-state index is 0. The molecule has 2 heterocycles. The molecule has 0 saturated carbocycles. The van der Waals surface area contributed by atoms with Crippen molar-refractivity contribution in [2.24, 2.45) is 10.9 Å². The molecule has 3 rings (SSSR count). The van der Waals surface area contributed by atoms with Crippen LogP contribution in [-0.2, 0) is 9.53 Å². The number of aryl methyl sites for hydroxylation is 1. The largest absolute Gasteiger partial charge is 0.370 e. The second-order valence-corrected chi connectivity index (χ2v) is 8.23. The molecule has 2 fully saturated rings. The molecule has 0 aromatic heterocycles. The van der Waals surface area contributed by atoms with Crippen molar-refractivity contribution in [1.29, 1.82) is 0 Å². The van der Waals surface area contributed by atoms with Crippen molar-refractivity contribution in [3.63, 3.8) is 0 Å². The van der Waals surface area contributed by atoms with Gasteiger partial charge in [-0.25, -0.2) is 0 Å². The van der Waals surface area contributed by atoms with E-state index >= 15 is 0 Å². The molecule has 0 aliphatic carbocycles. The molecular weight excluding hydrogens is 491 g/mol. The SMILES string of the molecule is CCNC(=NCCC(=O)N1CCCC(C)C1)N1CCOC(c2ccccc2C)C1.I. The molecular formula is C23H37IN4O2. The van der Waals surface area contributed by atoms with Gasteiger partial charge in [-0.2, -0.15) is 0 Å². The molecule has 2 atom stereocenters. The molecule has 6 nitrogen and oxygen atoms in total. The highest BCUT2D eigenvalue weighted by molar-refractivity contribution is 14.0. The predicted octanol–water partition coefficient (Wildman–Crippen LogP) is 3.60. The lowest BCUT2D eigenvalue weighted by Crippen LogP contribution is -2.48. The number of guanidine groups is 1. The van der Waals surface area contributed by atoms with E-state index in [2.05, 4.69) is 55.3 Å². The standard InChI is InChI=1S/C23H36N4O2.HI/c1-4-24-23(25-12-11-22(28)26-13-7-8-18(2)16-26)27-14-15-29-21(17-27)20-10-6-5-9-19(20)3;/h5-6,9-10,18,21H,4,7-8,11-17H2,1-3H3,(H,24,25);1H. The molecule has 1 aromatic carbocycles. The van der Waals surface area contributed by atoms with Crippen LogP contribution in [0.3, 0.4) is 0 Å². The summed E-state index contributed by atoms with van der Waals surface area (Å²) in [7, 11) is 0. The quantitative estimate of drug-likeness (QED) is 0.361. The van der Waals surface area contributed by atoms with Gasteiger partial charge in [-0.1, -0.05) is 31.2 Å². The summed E-state index contributed by atoms with van der Waals surface area (Å²) < 4.78 is 6.05. The summed E-state index contributed by atoms with van der Waals surface area (Å²) in [6.45, 7) is 11.8. The number of hydrogen-bond acceptors (Lipinski definition) is 3. The number of benzene rings is 1.